The van der Waals surface area contributed by atoms with Crippen molar-refractivity contribution in [2.24, 2.45) is 0 Å². The van der Waals surface area contributed by atoms with E-state index >= 15 is 0 Å². The Hall–Kier alpha value is -2.21. The highest BCUT2D eigenvalue weighted by atomic mass is 19.1. The monoisotopic (exact) mass is 246 g/mol. The average molecular weight is 246 g/mol. The maximum absolute atomic E-state index is 13.0. The first-order valence-corrected chi connectivity index (χ1v) is 5.55. The molecule has 92 valence electrons. The number of hydrogen-bond acceptors (Lipinski definition) is 3. The summed E-state index contributed by atoms with van der Waals surface area (Å²) in [5.74, 6) is -0.524. The number of rotatable bonds is 3. The number of anilines is 1. The largest absolute Gasteiger partial charge is 0.324 e. The summed E-state index contributed by atoms with van der Waals surface area (Å²) in [6.07, 6.45) is 3.44. The molecule has 0 aliphatic carbocycles. The molecule has 3 rings (SSSR count). The smallest absolute Gasteiger partial charge is 0.246 e. The fourth-order valence-electron chi connectivity index (χ4n) is 2.03. The summed E-state index contributed by atoms with van der Waals surface area (Å²) in [5.41, 5.74) is 2.26. The molecule has 2 heterocycles. The van der Waals surface area contributed by atoms with Crippen LogP contribution in [0.3, 0.4) is 0 Å². The molecular formula is C12H11FN4O. The van der Waals surface area contributed by atoms with E-state index in [-0.39, 0.29) is 11.7 Å². The molecule has 5 nitrogen and oxygen atoms in total. The van der Waals surface area contributed by atoms with E-state index in [0.29, 0.717) is 12.2 Å². The zero-order valence-electron chi connectivity index (χ0n) is 9.40. The third-order valence-corrected chi connectivity index (χ3v) is 2.91. The minimum absolute atomic E-state index is 0.168. The van der Waals surface area contributed by atoms with Crippen LogP contribution in [-0.2, 0) is 11.3 Å². The van der Waals surface area contributed by atoms with Gasteiger partial charge >= 0.3 is 0 Å². The Bertz CT molecular complexity index is 582. The van der Waals surface area contributed by atoms with Crippen LogP contribution in [0.5, 0.6) is 0 Å². The van der Waals surface area contributed by atoms with E-state index < -0.39 is 6.04 Å². The number of nitrogens with one attached hydrogen (secondary N) is 3. The molecule has 1 amide bonds. The van der Waals surface area contributed by atoms with Crippen molar-refractivity contribution in [3.8, 4) is 0 Å². The number of nitrogens with zero attached hydrogens (tertiary/aromatic N) is 1. The second kappa shape index (κ2) is 4.23. The van der Waals surface area contributed by atoms with Crippen molar-refractivity contribution in [2.75, 3.05) is 5.32 Å². The molecule has 1 aliphatic heterocycles. The van der Waals surface area contributed by atoms with Crippen molar-refractivity contribution >= 4 is 11.6 Å². The van der Waals surface area contributed by atoms with Gasteiger partial charge in [-0.2, -0.15) is 5.10 Å². The maximum Gasteiger partial charge on any atom is 0.246 e. The number of benzene rings is 1. The van der Waals surface area contributed by atoms with Gasteiger partial charge in [0.1, 0.15) is 11.9 Å². The lowest BCUT2D eigenvalue weighted by atomic mass is 10.1. The minimum atomic E-state index is -0.449. The summed E-state index contributed by atoms with van der Waals surface area (Å²) >= 11 is 0. The van der Waals surface area contributed by atoms with E-state index in [1.807, 2.05) is 0 Å². The zero-order chi connectivity index (χ0) is 12.5. The summed E-state index contributed by atoms with van der Waals surface area (Å²) in [5, 5.41) is 12.3. The van der Waals surface area contributed by atoms with Gasteiger partial charge in [0.15, 0.2) is 0 Å². The lowest BCUT2D eigenvalue weighted by Gasteiger charge is -2.10. The highest BCUT2D eigenvalue weighted by Gasteiger charge is 2.30. The van der Waals surface area contributed by atoms with Crippen molar-refractivity contribution in [1.82, 2.24) is 15.5 Å². The molecule has 0 bridgehead atoms. The summed E-state index contributed by atoms with van der Waals surface area (Å²) < 4.78 is 13.0. The summed E-state index contributed by atoms with van der Waals surface area (Å²) in [6.45, 7) is 0.519. The Morgan fingerprint density at radius 1 is 1.44 bits per heavy atom. The molecule has 1 aromatic heterocycles. The van der Waals surface area contributed by atoms with Crippen LogP contribution in [0.2, 0.25) is 0 Å². The number of hydrogen-bond donors (Lipinski definition) is 3. The third kappa shape index (κ3) is 1.86. The first-order chi connectivity index (χ1) is 8.74. The van der Waals surface area contributed by atoms with E-state index in [2.05, 4.69) is 20.8 Å². The van der Waals surface area contributed by atoms with Gasteiger partial charge in [-0.1, -0.05) is 6.07 Å². The number of H-pyrrole nitrogens is 1. The molecule has 1 aliphatic rings. The normalized spacial score (nSPS) is 17.6. The van der Waals surface area contributed by atoms with E-state index in [1.54, 1.807) is 18.5 Å². The number of carbonyl (C=O) groups is 1. The van der Waals surface area contributed by atoms with E-state index in [1.165, 1.54) is 12.1 Å². The van der Waals surface area contributed by atoms with E-state index in [0.717, 1.165) is 11.1 Å². The Labute approximate surface area is 102 Å². The van der Waals surface area contributed by atoms with Gasteiger partial charge in [-0.05, 0) is 12.1 Å². The number of fused-ring (bicyclic) bond motifs is 1. The lowest BCUT2D eigenvalue weighted by Crippen LogP contribution is -2.26. The Morgan fingerprint density at radius 3 is 3.11 bits per heavy atom. The average Bonchev–Trinajstić information content (AvgIpc) is 2.93. The van der Waals surface area contributed by atoms with Gasteiger partial charge in [-0.15, -0.1) is 0 Å². The second-order valence-electron chi connectivity index (χ2n) is 4.14. The van der Waals surface area contributed by atoms with Crippen LogP contribution in [0.15, 0.2) is 30.6 Å². The highest BCUT2D eigenvalue weighted by Crippen LogP contribution is 2.31. The fraction of sp³-hybridized carbons (Fsp3) is 0.167. The zero-order valence-corrected chi connectivity index (χ0v) is 9.40. The number of amides is 1. The first-order valence-electron chi connectivity index (χ1n) is 5.55. The van der Waals surface area contributed by atoms with Crippen molar-refractivity contribution in [3.05, 3.63) is 47.5 Å². The van der Waals surface area contributed by atoms with Gasteiger partial charge < -0.3 is 5.32 Å². The molecule has 0 fully saturated rings. The predicted molar refractivity (Wildman–Crippen MR) is 63.2 cm³/mol. The van der Waals surface area contributed by atoms with Crippen LogP contribution < -0.4 is 10.6 Å². The molecule has 2 aromatic rings. The van der Waals surface area contributed by atoms with Gasteiger partial charge in [0.05, 0.1) is 6.20 Å². The Balaban J connectivity index is 1.79. The topological polar surface area (TPSA) is 69.8 Å². The van der Waals surface area contributed by atoms with Gasteiger partial charge in [0, 0.05) is 29.6 Å². The summed E-state index contributed by atoms with van der Waals surface area (Å²) in [6, 6.07) is 3.85. The first kappa shape index (κ1) is 10.9. The molecular weight excluding hydrogens is 235 g/mol. The second-order valence-corrected chi connectivity index (χ2v) is 4.14. The van der Waals surface area contributed by atoms with Crippen molar-refractivity contribution in [3.63, 3.8) is 0 Å². The van der Waals surface area contributed by atoms with Crippen molar-refractivity contribution < 1.29 is 9.18 Å². The standard InChI is InChI=1S/C12H11FN4O/c13-8-1-2-9-10(3-8)17-12(18)11(9)14-4-7-5-15-16-6-7/h1-3,5-6,11,14H,4H2,(H,15,16)(H,17,18). The molecule has 0 saturated carbocycles. The minimum Gasteiger partial charge on any atom is -0.324 e. The number of aromatic amines is 1. The van der Waals surface area contributed by atoms with E-state index in [9.17, 15) is 9.18 Å². The quantitative estimate of drug-likeness (QED) is 0.765. The molecule has 6 heteroatoms. The molecule has 0 spiro atoms. The molecule has 1 atom stereocenters. The van der Waals surface area contributed by atoms with Gasteiger partial charge in [0.2, 0.25) is 5.91 Å². The van der Waals surface area contributed by atoms with E-state index in [4.69, 9.17) is 0 Å². The van der Waals surface area contributed by atoms with Crippen LogP contribution in [0, 0.1) is 5.82 Å². The Kier molecular flexibility index (Phi) is 2.56. The number of halogens is 1. The fourth-order valence-corrected chi connectivity index (χ4v) is 2.03. The molecule has 0 radical (unpaired) electrons. The maximum atomic E-state index is 13.0. The van der Waals surface area contributed by atoms with Crippen LogP contribution >= 0.6 is 0 Å². The SMILES string of the molecule is O=C1Nc2cc(F)ccc2C1NCc1cn[nH]c1. The van der Waals surface area contributed by atoms with Gasteiger partial charge in [-0.3, -0.25) is 15.2 Å². The summed E-state index contributed by atoms with van der Waals surface area (Å²) in [7, 11) is 0. The molecule has 3 N–H and O–H groups in total. The van der Waals surface area contributed by atoms with Crippen LogP contribution in [0.4, 0.5) is 10.1 Å². The molecule has 18 heavy (non-hydrogen) atoms. The third-order valence-electron chi connectivity index (χ3n) is 2.91. The molecule has 0 saturated heterocycles. The van der Waals surface area contributed by atoms with Crippen LogP contribution in [-0.4, -0.2) is 16.1 Å². The number of aromatic nitrogens is 2. The van der Waals surface area contributed by atoms with Crippen molar-refractivity contribution in [1.29, 1.82) is 0 Å². The Morgan fingerprint density at radius 2 is 2.33 bits per heavy atom. The lowest BCUT2D eigenvalue weighted by molar-refractivity contribution is -0.117. The van der Waals surface area contributed by atoms with Crippen LogP contribution in [0.25, 0.3) is 0 Å². The van der Waals surface area contributed by atoms with Crippen LogP contribution in [0.1, 0.15) is 17.2 Å². The molecule has 1 aromatic carbocycles. The molecule has 1 unspecified atom stereocenters. The summed E-state index contributed by atoms with van der Waals surface area (Å²) in [4.78, 5) is 11.8. The highest BCUT2D eigenvalue weighted by molar-refractivity contribution is 6.02. The number of carbonyl (C=O) groups excluding carboxylic acids is 1. The van der Waals surface area contributed by atoms with Gasteiger partial charge in [-0.25, -0.2) is 4.39 Å². The van der Waals surface area contributed by atoms with Crippen molar-refractivity contribution in [2.45, 2.75) is 12.6 Å². The predicted octanol–water partition coefficient (Wildman–Crippen LogP) is 1.33. The van der Waals surface area contributed by atoms with Gasteiger partial charge in [0.25, 0.3) is 0 Å².